The Morgan fingerprint density at radius 3 is 2.84 bits per heavy atom. The predicted octanol–water partition coefficient (Wildman–Crippen LogP) is 2.86. The first kappa shape index (κ1) is 13.5. The Labute approximate surface area is 112 Å². The van der Waals surface area contributed by atoms with Crippen molar-refractivity contribution >= 4 is 0 Å². The normalized spacial score (nSPS) is 12.2. The van der Waals surface area contributed by atoms with Crippen molar-refractivity contribution in [3.63, 3.8) is 0 Å². The molecule has 0 saturated heterocycles. The summed E-state index contributed by atoms with van der Waals surface area (Å²) in [5, 5.41) is 0. The van der Waals surface area contributed by atoms with Crippen molar-refractivity contribution in [3.8, 4) is 5.75 Å². The van der Waals surface area contributed by atoms with E-state index in [9.17, 15) is 4.39 Å². The van der Waals surface area contributed by atoms with Crippen LogP contribution in [0.3, 0.4) is 0 Å². The second kappa shape index (κ2) is 6.29. The molecule has 0 spiro atoms. The predicted molar refractivity (Wildman–Crippen MR) is 72.4 cm³/mol. The van der Waals surface area contributed by atoms with Crippen LogP contribution in [0.1, 0.15) is 24.1 Å². The average molecular weight is 260 g/mol. The minimum atomic E-state index is -0.374. The van der Waals surface area contributed by atoms with Crippen molar-refractivity contribution in [3.05, 3.63) is 59.7 Å². The van der Waals surface area contributed by atoms with E-state index in [4.69, 9.17) is 10.5 Å². The standard InChI is InChI=1S/C15H17FN2O/c1-11(17)13-4-5-15(14(16)9-13)19-8-6-12-3-2-7-18-10-12/h2-5,7,9-11H,6,8,17H2,1H3. The van der Waals surface area contributed by atoms with Gasteiger partial charge in [0, 0.05) is 24.9 Å². The van der Waals surface area contributed by atoms with Gasteiger partial charge in [0.1, 0.15) is 0 Å². The molecule has 3 nitrogen and oxygen atoms in total. The van der Waals surface area contributed by atoms with Gasteiger partial charge in [-0.25, -0.2) is 4.39 Å². The highest BCUT2D eigenvalue weighted by Crippen LogP contribution is 2.21. The number of nitrogens with two attached hydrogens (primary N) is 1. The molecule has 1 heterocycles. The lowest BCUT2D eigenvalue weighted by molar-refractivity contribution is 0.305. The van der Waals surface area contributed by atoms with E-state index in [0.29, 0.717) is 13.0 Å². The van der Waals surface area contributed by atoms with E-state index in [1.54, 1.807) is 24.5 Å². The summed E-state index contributed by atoms with van der Waals surface area (Å²) in [4.78, 5) is 4.02. The van der Waals surface area contributed by atoms with Gasteiger partial charge in [0.25, 0.3) is 0 Å². The fraction of sp³-hybridized carbons (Fsp3) is 0.267. The number of hydrogen-bond donors (Lipinski definition) is 1. The molecule has 0 fully saturated rings. The Morgan fingerprint density at radius 2 is 2.21 bits per heavy atom. The maximum absolute atomic E-state index is 13.7. The monoisotopic (exact) mass is 260 g/mol. The summed E-state index contributed by atoms with van der Waals surface area (Å²) in [6, 6.07) is 8.48. The van der Waals surface area contributed by atoms with Crippen LogP contribution in [-0.2, 0) is 6.42 Å². The third kappa shape index (κ3) is 3.76. The van der Waals surface area contributed by atoms with Crippen molar-refractivity contribution in [2.75, 3.05) is 6.61 Å². The molecule has 0 aliphatic heterocycles. The topological polar surface area (TPSA) is 48.1 Å². The van der Waals surface area contributed by atoms with Crippen LogP contribution in [0.4, 0.5) is 4.39 Å². The fourth-order valence-corrected chi connectivity index (χ4v) is 1.74. The van der Waals surface area contributed by atoms with Crippen LogP contribution in [-0.4, -0.2) is 11.6 Å². The van der Waals surface area contributed by atoms with Crippen LogP contribution in [0.5, 0.6) is 5.75 Å². The highest BCUT2D eigenvalue weighted by atomic mass is 19.1. The second-order valence-electron chi connectivity index (χ2n) is 4.44. The van der Waals surface area contributed by atoms with E-state index in [2.05, 4.69) is 4.98 Å². The second-order valence-corrected chi connectivity index (χ2v) is 4.44. The summed E-state index contributed by atoms with van der Waals surface area (Å²) >= 11 is 0. The van der Waals surface area contributed by atoms with Crippen LogP contribution < -0.4 is 10.5 Å². The zero-order chi connectivity index (χ0) is 13.7. The smallest absolute Gasteiger partial charge is 0.165 e. The quantitative estimate of drug-likeness (QED) is 0.899. The van der Waals surface area contributed by atoms with Gasteiger partial charge < -0.3 is 10.5 Å². The Kier molecular flexibility index (Phi) is 4.47. The van der Waals surface area contributed by atoms with Gasteiger partial charge in [0.15, 0.2) is 11.6 Å². The molecule has 0 saturated carbocycles. The van der Waals surface area contributed by atoms with Gasteiger partial charge in [-0.15, -0.1) is 0 Å². The first-order valence-corrected chi connectivity index (χ1v) is 6.23. The molecule has 0 aliphatic rings. The van der Waals surface area contributed by atoms with Crippen LogP contribution in [0, 0.1) is 5.82 Å². The van der Waals surface area contributed by atoms with E-state index in [-0.39, 0.29) is 17.6 Å². The van der Waals surface area contributed by atoms with E-state index >= 15 is 0 Å². The third-order valence-corrected chi connectivity index (χ3v) is 2.85. The summed E-state index contributed by atoms with van der Waals surface area (Å²) in [5.41, 5.74) is 7.52. The number of ether oxygens (including phenoxy) is 1. The van der Waals surface area contributed by atoms with Crippen molar-refractivity contribution in [1.29, 1.82) is 0 Å². The summed E-state index contributed by atoms with van der Waals surface area (Å²) < 4.78 is 19.2. The van der Waals surface area contributed by atoms with Crippen molar-refractivity contribution < 1.29 is 9.13 Å². The van der Waals surface area contributed by atoms with Gasteiger partial charge in [0.05, 0.1) is 6.61 Å². The lowest BCUT2D eigenvalue weighted by atomic mass is 10.1. The van der Waals surface area contributed by atoms with E-state index in [0.717, 1.165) is 11.1 Å². The molecule has 0 radical (unpaired) electrons. The molecule has 2 N–H and O–H groups in total. The zero-order valence-electron chi connectivity index (χ0n) is 10.8. The van der Waals surface area contributed by atoms with Crippen LogP contribution in [0.15, 0.2) is 42.7 Å². The number of benzene rings is 1. The van der Waals surface area contributed by atoms with Gasteiger partial charge in [0.2, 0.25) is 0 Å². The molecule has 4 heteroatoms. The first-order chi connectivity index (χ1) is 9.16. The average Bonchev–Trinajstić information content (AvgIpc) is 2.41. The van der Waals surface area contributed by atoms with Gasteiger partial charge in [-0.1, -0.05) is 12.1 Å². The Hall–Kier alpha value is -1.94. The van der Waals surface area contributed by atoms with Crippen LogP contribution in [0.2, 0.25) is 0 Å². The Bertz CT molecular complexity index is 529. The van der Waals surface area contributed by atoms with E-state index in [1.165, 1.54) is 6.07 Å². The number of rotatable bonds is 5. The maximum atomic E-state index is 13.7. The summed E-state index contributed by atoms with van der Waals surface area (Å²) in [5.74, 6) is -0.116. The van der Waals surface area contributed by atoms with Crippen LogP contribution in [0.25, 0.3) is 0 Å². The lowest BCUT2D eigenvalue weighted by Crippen LogP contribution is -2.07. The summed E-state index contributed by atoms with van der Waals surface area (Å²) in [6.45, 7) is 2.23. The van der Waals surface area contributed by atoms with Gasteiger partial charge >= 0.3 is 0 Å². The van der Waals surface area contributed by atoms with Crippen molar-refractivity contribution in [2.24, 2.45) is 5.73 Å². The van der Waals surface area contributed by atoms with Gasteiger partial charge in [-0.05, 0) is 36.2 Å². The molecule has 1 atom stereocenters. The molecule has 0 aliphatic carbocycles. The number of pyridine rings is 1. The Balaban J connectivity index is 1.93. The fourth-order valence-electron chi connectivity index (χ4n) is 1.74. The molecule has 0 bridgehead atoms. The molecule has 2 aromatic rings. The van der Waals surface area contributed by atoms with Gasteiger partial charge in [-0.3, -0.25) is 4.98 Å². The molecule has 0 amide bonds. The molecule has 100 valence electrons. The molecular formula is C15H17FN2O. The molecular weight excluding hydrogens is 243 g/mol. The first-order valence-electron chi connectivity index (χ1n) is 6.23. The maximum Gasteiger partial charge on any atom is 0.165 e. The molecule has 1 aromatic carbocycles. The van der Waals surface area contributed by atoms with Crippen molar-refractivity contribution in [1.82, 2.24) is 4.98 Å². The SMILES string of the molecule is CC(N)c1ccc(OCCc2cccnc2)c(F)c1. The third-order valence-electron chi connectivity index (χ3n) is 2.85. The Morgan fingerprint density at radius 1 is 1.37 bits per heavy atom. The van der Waals surface area contributed by atoms with E-state index < -0.39 is 0 Å². The van der Waals surface area contributed by atoms with E-state index in [1.807, 2.05) is 19.1 Å². The zero-order valence-corrected chi connectivity index (χ0v) is 10.8. The summed E-state index contributed by atoms with van der Waals surface area (Å²) in [7, 11) is 0. The summed E-state index contributed by atoms with van der Waals surface area (Å²) in [6.07, 6.45) is 4.19. The number of halogens is 1. The number of hydrogen-bond acceptors (Lipinski definition) is 3. The molecule has 19 heavy (non-hydrogen) atoms. The molecule has 1 aromatic heterocycles. The van der Waals surface area contributed by atoms with Crippen LogP contribution >= 0.6 is 0 Å². The number of nitrogens with zero attached hydrogens (tertiary/aromatic N) is 1. The minimum Gasteiger partial charge on any atom is -0.490 e. The largest absolute Gasteiger partial charge is 0.490 e. The lowest BCUT2D eigenvalue weighted by Gasteiger charge is -2.10. The van der Waals surface area contributed by atoms with Crippen molar-refractivity contribution in [2.45, 2.75) is 19.4 Å². The minimum absolute atomic E-state index is 0.182. The van der Waals surface area contributed by atoms with Gasteiger partial charge in [-0.2, -0.15) is 0 Å². The molecule has 2 rings (SSSR count). The highest BCUT2D eigenvalue weighted by molar-refractivity contribution is 5.30. The number of aromatic nitrogens is 1. The molecule has 1 unspecified atom stereocenters. The highest BCUT2D eigenvalue weighted by Gasteiger charge is 2.07.